The second-order valence-corrected chi connectivity index (χ2v) is 13.2. The van der Waals surface area contributed by atoms with Crippen molar-refractivity contribution in [3.05, 3.63) is 34.5 Å². The van der Waals surface area contributed by atoms with Gasteiger partial charge in [0.05, 0.1) is 19.3 Å². The Hall–Kier alpha value is -4.11. The van der Waals surface area contributed by atoms with Crippen LogP contribution in [0, 0.1) is 0 Å². The predicted octanol–water partition coefficient (Wildman–Crippen LogP) is -4.51. The van der Waals surface area contributed by atoms with Crippen molar-refractivity contribution in [2.24, 2.45) is 0 Å². The highest BCUT2D eigenvalue weighted by molar-refractivity contribution is 5.88. The average Bonchev–Trinajstić information content (AvgIpc) is 3.15. The van der Waals surface area contributed by atoms with Crippen molar-refractivity contribution in [3.63, 3.8) is 0 Å². The molecule has 304 valence electrons. The summed E-state index contributed by atoms with van der Waals surface area (Å²) in [6, 6.07) is 3.52. The molecule has 0 radical (unpaired) electrons. The summed E-state index contributed by atoms with van der Waals surface area (Å²) in [5.74, 6) is -5.53. The van der Waals surface area contributed by atoms with Crippen LogP contribution in [0.1, 0.15) is 6.92 Å². The molecular formula is C33H40O22. The number of hydrogen-bond donors (Lipinski definition) is 14. The van der Waals surface area contributed by atoms with E-state index in [2.05, 4.69) is 0 Å². The van der Waals surface area contributed by atoms with Gasteiger partial charge in [0.1, 0.15) is 89.6 Å². The van der Waals surface area contributed by atoms with Crippen LogP contribution in [0.5, 0.6) is 34.5 Å². The van der Waals surface area contributed by atoms with Crippen LogP contribution in [-0.2, 0) is 18.9 Å². The number of aromatic hydroxyl groups is 4. The van der Waals surface area contributed by atoms with E-state index < -0.39 is 156 Å². The number of hydrogen-bond acceptors (Lipinski definition) is 22. The molecule has 0 bridgehead atoms. The first-order valence-electron chi connectivity index (χ1n) is 16.7. The lowest BCUT2D eigenvalue weighted by molar-refractivity contribution is -0.318. The first-order valence-corrected chi connectivity index (χ1v) is 16.7. The number of aliphatic hydroxyl groups is 10. The topological polar surface area (TPSA) is 369 Å². The molecule has 0 saturated carbocycles. The van der Waals surface area contributed by atoms with Crippen LogP contribution in [0.4, 0.5) is 0 Å². The van der Waals surface area contributed by atoms with Gasteiger partial charge in [-0.05, 0) is 19.1 Å². The largest absolute Gasteiger partial charge is 0.507 e. The fourth-order valence-corrected chi connectivity index (χ4v) is 6.27. The molecule has 6 rings (SSSR count). The van der Waals surface area contributed by atoms with Crippen LogP contribution in [0.15, 0.2) is 33.5 Å². The minimum atomic E-state index is -2.10. The first-order chi connectivity index (χ1) is 25.9. The van der Waals surface area contributed by atoms with E-state index in [0.717, 1.165) is 24.3 Å². The van der Waals surface area contributed by atoms with Gasteiger partial charge in [-0.25, -0.2) is 0 Å². The van der Waals surface area contributed by atoms with Crippen LogP contribution in [0.3, 0.4) is 0 Å². The second kappa shape index (κ2) is 15.8. The number of aliphatic hydroxyl groups excluding tert-OH is 10. The molecule has 4 heterocycles. The molecule has 15 atom stereocenters. The second-order valence-electron chi connectivity index (χ2n) is 13.2. The summed E-state index contributed by atoms with van der Waals surface area (Å²) in [6.45, 7) is -0.0894. The first kappa shape index (κ1) is 40.6. The van der Waals surface area contributed by atoms with Crippen LogP contribution in [-0.4, -0.2) is 177 Å². The van der Waals surface area contributed by atoms with Crippen molar-refractivity contribution in [2.45, 2.75) is 99.0 Å². The third-order valence-electron chi connectivity index (χ3n) is 9.47. The summed E-state index contributed by atoms with van der Waals surface area (Å²) in [5.41, 5.74) is -2.05. The quantitative estimate of drug-likeness (QED) is 0.0908. The van der Waals surface area contributed by atoms with Crippen molar-refractivity contribution < 1.29 is 104 Å². The third kappa shape index (κ3) is 7.58. The number of phenols is 4. The molecule has 0 amide bonds. The molecule has 3 saturated heterocycles. The lowest BCUT2D eigenvalue weighted by Crippen LogP contribution is -2.61. The van der Waals surface area contributed by atoms with E-state index in [0.29, 0.717) is 0 Å². The summed E-state index contributed by atoms with van der Waals surface area (Å²) < 4.78 is 38.9. The van der Waals surface area contributed by atoms with Crippen LogP contribution >= 0.6 is 0 Å². The lowest BCUT2D eigenvalue weighted by atomic mass is 9.98. The molecule has 22 heteroatoms. The molecule has 0 aliphatic carbocycles. The molecule has 22 nitrogen and oxygen atoms in total. The average molecular weight is 789 g/mol. The van der Waals surface area contributed by atoms with Gasteiger partial charge in [0.2, 0.25) is 23.8 Å². The molecule has 3 fully saturated rings. The van der Waals surface area contributed by atoms with Crippen molar-refractivity contribution in [1.29, 1.82) is 0 Å². The molecule has 3 aliphatic heterocycles. The van der Waals surface area contributed by atoms with Crippen molar-refractivity contribution in [2.75, 3.05) is 13.2 Å². The Morgan fingerprint density at radius 2 is 1.16 bits per heavy atom. The smallest absolute Gasteiger partial charge is 0.239 e. The van der Waals surface area contributed by atoms with E-state index in [1.165, 1.54) is 6.92 Å². The van der Waals surface area contributed by atoms with Gasteiger partial charge in [-0.1, -0.05) is 0 Å². The van der Waals surface area contributed by atoms with Gasteiger partial charge < -0.3 is 104 Å². The number of rotatable bonds is 9. The van der Waals surface area contributed by atoms with E-state index >= 15 is 0 Å². The maximum absolute atomic E-state index is 14.1. The molecular weight excluding hydrogens is 748 g/mol. The highest BCUT2D eigenvalue weighted by Gasteiger charge is 2.48. The fourth-order valence-electron chi connectivity index (χ4n) is 6.27. The zero-order chi connectivity index (χ0) is 40.2. The number of ether oxygens (including phenoxy) is 6. The zero-order valence-corrected chi connectivity index (χ0v) is 28.4. The zero-order valence-electron chi connectivity index (χ0n) is 28.4. The predicted molar refractivity (Wildman–Crippen MR) is 175 cm³/mol. The highest BCUT2D eigenvalue weighted by Crippen LogP contribution is 2.43. The lowest BCUT2D eigenvalue weighted by Gasteiger charge is -2.42. The van der Waals surface area contributed by atoms with Crippen LogP contribution < -0.4 is 14.9 Å². The van der Waals surface area contributed by atoms with Gasteiger partial charge in [-0.3, -0.25) is 4.79 Å². The van der Waals surface area contributed by atoms with Gasteiger partial charge in [0, 0.05) is 17.7 Å². The third-order valence-corrected chi connectivity index (χ3v) is 9.47. The molecule has 0 unspecified atom stereocenters. The summed E-state index contributed by atoms with van der Waals surface area (Å²) in [4.78, 5) is 14.1. The van der Waals surface area contributed by atoms with E-state index in [-0.39, 0.29) is 11.3 Å². The normalized spacial score (nSPS) is 36.8. The Labute approximate surface area is 307 Å². The Bertz CT molecular complexity index is 1880. The Morgan fingerprint density at radius 3 is 1.78 bits per heavy atom. The minimum absolute atomic E-state index is 0.356. The standard InChI is InChI=1S/C33H40O22/c1-8-18(38)23(43)26(46)31(50-8)49-7-16-21(41)25(45)28(48)33(54-16)55-30-22(42)17-11(35)4-10(51-32-27(47)24(44)20(40)15(6-34)53-32)5-14(17)52-29(30)9-2-12(36)19(39)13(37)3-9/h2-5,8,15-16,18,20-21,23-28,31-41,43-48H,6-7H2,1H3/t8-,15+,16+,18-,20+,21+,23-,24-,25+,26+,27+,28-,31+,32+,33-/m0/s1. The molecule has 3 aliphatic rings. The van der Waals surface area contributed by atoms with Gasteiger partial charge in [0.25, 0.3) is 0 Å². The maximum atomic E-state index is 14.1. The van der Waals surface area contributed by atoms with Crippen LogP contribution in [0.2, 0.25) is 0 Å². The Kier molecular flexibility index (Phi) is 11.6. The number of phenolic OH excluding ortho intramolecular Hbond substituents is 4. The molecule has 3 aromatic rings. The van der Waals surface area contributed by atoms with Crippen LogP contribution in [0.25, 0.3) is 22.3 Å². The van der Waals surface area contributed by atoms with Gasteiger partial charge in [0.15, 0.2) is 29.3 Å². The van der Waals surface area contributed by atoms with Crippen molar-refractivity contribution >= 4 is 11.0 Å². The van der Waals surface area contributed by atoms with E-state index in [9.17, 15) is 76.3 Å². The summed E-state index contributed by atoms with van der Waals surface area (Å²) in [6.07, 6.45) is -25.6. The van der Waals surface area contributed by atoms with Gasteiger partial charge >= 0.3 is 0 Å². The van der Waals surface area contributed by atoms with E-state index in [1.807, 2.05) is 0 Å². The van der Waals surface area contributed by atoms with E-state index in [1.54, 1.807) is 0 Å². The summed E-state index contributed by atoms with van der Waals surface area (Å²) >= 11 is 0. The SMILES string of the molecule is C[C@@H]1O[C@@H](OC[C@H]2O[C@@H](Oc3c(-c4cc(O)c(O)c(O)c4)oc4cc(O[C@@H]5O[C@H](CO)[C@@H](O)[C@H](O)[C@H]5O)cc(O)c4c3=O)[C@@H](O)[C@H](O)[C@@H]2O)[C@H](O)[C@@H](O)[C@H]1O. The number of benzene rings is 2. The molecule has 2 aromatic carbocycles. The maximum Gasteiger partial charge on any atom is 0.239 e. The molecule has 55 heavy (non-hydrogen) atoms. The molecule has 0 spiro atoms. The van der Waals surface area contributed by atoms with Crippen molar-refractivity contribution in [3.8, 4) is 45.8 Å². The summed E-state index contributed by atoms with van der Waals surface area (Å²) in [7, 11) is 0. The Morgan fingerprint density at radius 1 is 0.618 bits per heavy atom. The van der Waals surface area contributed by atoms with Gasteiger partial charge in [-0.15, -0.1) is 0 Å². The molecule has 1 aromatic heterocycles. The van der Waals surface area contributed by atoms with Crippen molar-refractivity contribution in [1.82, 2.24) is 0 Å². The number of fused-ring (bicyclic) bond motifs is 1. The minimum Gasteiger partial charge on any atom is -0.507 e. The van der Waals surface area contributed by atoms with E-state index in [4.69, 9.17) is 32.8 Å². The Balaban J connectivity index is 1.36. The fraction of sp³-hybridized carbons (Fsp3) is 0.545. The monoisotopic (exact) mass is 788 g/mol. The highest BCUT2D eigenvalue weighted by atomic mass is 16.7. The van der Waals surface area contributed by atoms with Gasteiger partial charge in [-0.2, -0.15) is 0 Å². The summed E-state index contributed by atoms with van der Waals surface area (Å²) in [5, 5.41) is 144. The molecule has 14 N–H and O–H groups in total.